The lowest BCUT2D eigenvalue weighted by atomic mass is 10.2. The number of nitrogen functional groups attached to an aromatic ring is 1. The molecule has 0 aliphatic heterocycles. The molecule has 1 heterocycles. The van der Waals surface area contributed by atoms with Gasteiger partial charge in [-0.1, -0.05) is 13.3 Å². The first-order valence-electron chi connectivity index (χ1n) is 6.25. The summed E-state index contributed by atoms with van der Waals surface area (Å²) in [5.74, 6) is 0.543. The van der Waals surface area contributed by atoms with Gasteiger partial charge in [0.25, 0.3) is 5.91 Å². The summed E-state index contributed by atoms with van der Waals surface area (Å²) < 4.78 is 0. The highest BCUT2D eigenvalue weighted by molar-refractivity contribution is 5.94. The van der Waals surface area contributed by atoms with Crippen LogP contribution in [0.4, 0.5) is 5.82 Å². The van der Waals surface area contributed by atoms with E-state index in [9.17, 15) is 4.79 Å². The molecule has 4 nitrogen and oxygen atoms in total. The standard InChI is InChI=1S/C13H19N3O/c1-2-3-8-16(11-5-6-11)13(17)10-4-7-12(14)15-9-10/h4,7,9,11H,2-3,5-6,8H2,1H3,(H2,14,15). The molecule has 1 fully saturated rings. The number of hydrogen-bond acceptors (Lipinski definition) is 3. The Morgan fingerprint density at radius 2 is 2.29 bits per heavy atom. The van der Waals surface area contributed by atoms with E-state index in [0.29, 0.717) is 17.4 Å². The highest BCUT2D eigenvalue weighted by atomic mass is 16.2. The summed E-state index contributed by atoms with van der Waals surface area (Å²) in [5.41, 5.74) is 6.16. The third-order valence-corrected chi connectivity index (χ3v) is 3.03. The molecule has 1 aliphatic rings. The van der Waals surface area contributed by atoms with Crippen LogP contribution >= 0.6 is 0 Å². The predicted octanol–water partition coefficient (Wildman–Crippen LogP) is 2.07. The summed E-state index contributed by atoms with van der Waals surface area (Å²) in [5, 5.41) is 0. The summed E-state index contributed by atoms with van der Waals surface area (Å²) >= 11 is 0. The maximum atomic E-state index is 12.3. The fraction of sp³-hybridized carbons (Fsp3) is 0.538. The summed E-state index contributed by atoms with van der Waals surface area (Å²) in [6.45, 7) is 2.99. The highest BCUT2D eigenvalue weighted by Gasteiger charge is 2.32. The van der Waals surface area contributed by atoms with Crippen LogP contribution < -0.4 is 5.73 Å². The normalized spacial score (nSPS) is 14.6. The summed E-state index contributed by atoms with van der Waals surface area (Å²) in [7, 11) is 0. The number of aromatic nitrogens is 1. The summed E-state index contributed by atoms with van der Waals surface area (Å²) in [6, 6.07) is 3.89. The van der Waals surface area contributed by atoms with Crippen LogP contribution in [-0.4, -0.2) is 28.4 Å². The molecule has 0 radical (unpaired) electrons. The molecule has 92 valence electrons. The van der Waals surface area contributed by atoms with Gasteiger partial charge in [-0.25, -0.2) is 4.98 Å². The number of carbonyl (C=O) groups is 1. The molecule has 1 aromatic rings. The highest BCUT2D eigenvalue weighted by Crippen LogP contribution is 2.28. The van der Waals surface area contributed by atoms with E-state index in [4.69, 9.17) is 5.73 Å². The van der Waals surface area contributed by atoms with Crippen molar-refractivity contribution in [2.75, 3.05) is 12.3 Å². The Bertz CT molecular complexity index is 384. The molecule has 0 spiro atoms. The Hall–Kier alpha value is -1.58. The summed E-state index contributed by atoms with van der Waals surface area (Å²) in [6.07, 6.45) is 6.01. The number of pyridine rings is 1. The number of carbonyl (C=O) groups excluding carboxylic acids is 1. The third-order valence-electron chi connectivity index (χ3n) is 3.03. The fourth-order valence-electron chi connectivity index (χ4n) is 1.86. The second-order valence-corrected chi connectivity index (χ2v) is 4.56. The van der Waals surface area contributed by atoms with Crippen molar-refractivity contribution >= 4 is 11.7 Å². The average molecular weight is 233 g/mol. The summed E-state index contributed by atoms with van der Waals surface area (Å²) in [4.78, 5) is 18.2. The molecule has 1 aliphatic carbocycles. The Morgan fingerprint density at radius 1 is 1.53 bits per heavy atom. The van der Waals surface area contributed by atoms with Crippen LogP contribution in [0.2, 0.25) is 0 Å². The molecule has 4 heteroatoms. The molecular weight excluding hydrogens is 214 g/mol. The first kappa shape index (κ1) is 11.9. The van der Waals surface area contributed by atoms with Crippen LogP contribution in [0.25, 0.3) is 0 Å². The first-order chi connectivity index (χ1) is 8.22. The second kappa shape index (κ2) is 5.17. The Morgan fingerprint density at radius 3 is 2.82 bits per heavy atom. The molecule has 1 saturated carbocycles. The van der Waals surface area contributed by atoms with Gasteiger partial charge in [0.15, 0.2) is 0 Å². The molecule has 2 rings (SSSR count). The zero-order chi connectivity index (χ0) is 12.3. The minimum Gasteiger partial charge on any atom is -0.384 e. The lowest BCUT2D eigenvalue weighted by molar-refractivity contribution is 0.0740. The minimum atomic E-state index is 0.0912. The van der Waals surface area contributed by atoms with Gasteiger partial charge in [-0.05, 0) is 31.4 Å². The molecule has 2 N–H and O–H groups in total. The van der Waals surface area contributed by atoms with E-state index < -0.39 is 0 Å². The van der Waals surface area contributed by atoms with Crippen molar-refractivity contribution < 1.29 is 4.79 Å². The Balaban J connectivity index is 2.07. The molecule has 0 atom stereocenters. The van der Waals surface area contributed by atoms with Crippen molar-refractivity contribution in [3.63, 3.8) is 0 Å². The van der Waals surface area contributed by atoms with E-state index in [-0.39, 0.29) is 5.91 Å². The minimum absolute atomic E-state index is 0.0912. The molecule has 0 saturated heterocycles. The van der Waals surface area contributed by atoms with Gasteiger partial charge >= 0.3 is 0 Å². The average Bonchev–Trinajstić information content (AvgIpc) is 3.14. The molecular formula is C13H19N3O. The van der Waals surface area contributed by atoms with Crippen LogP contribution in [0.3, 0.4) is 0 Å². The van der Waals surface area contributed by atoms with Crippen molar-refractivity contribution in [1.82, 2.24) is 9.88 Å². The monoisotopic (exact) mass is 233 g/mol. The quantitative estimate of drug-likeness (QED) is 0.847. The SMILES string of the molecule is CCCCN(C(=O)c1ccc(N)nc1)C1CC1. The largest absolute Gasteiger partial charge is 0.384 e. The molecule has 17 heavy (non-hydrogen) atoms. The van der Waals surface area contributed by atoms with Crippen LogP contribution in [0.15, 0.2) is 18.3 Å². The van der Waals surface area contributed by atoms with Crippen molar-refractivity contribution in [2.24, 2.45) is 0 Å². The van der Waals surface area contributed by atoms with Gasteiger partial charge in [0.1, 0.15) is 5.82 Å². The van der Waals surface area contributed by atoms with Gasteiger partial charge in [0.2, 0.25) is 0 Å². The zero-order valence-electron chi connectivity index (χ0n) is 10.2. The van der Waals surface area contributed by atoms with E-state index in [1.165, 1.54) is 0 Å². The van der Waals surface area contributed by atoms with Crippen molar-refractivity contribution in [3.8, 4) is 0 Å². The van der Waals surface area contributed by atoms with E-state index in [1.54, 1.807) is 18.3 Å². The number of rotatable bonds is 5. The topological polar surface area (TPSA) is 59.2 Å². The number of nitrogens with two attached hydrogens (primary N) is 1. The molecule has 0 unspecified atom stereocenters. The second-order valence-electron chi connectivity index (χ2n) is 4.56. The van der Waals surface area contributed by atoms with Gasteiger partial charge in [-0.3, -0.25) is 4.79 Å². The lowest BCUT2D eigenvalue weighted by Crippen LogP contribution is -2.34. The smallest absolute Gasteiger partial charge is 0.255 e. The van der Waals surface area contributed by atoms with E-state index in [1.807, 2.05) is 4.90 Å². The van der Waals surface area contributed by atoms with E-state index in [0.717, 1.165) is 32.2 Å². The van der Waals surface area contributed by atoms with Gasteiger partial charge in [0.05, 0.1) is 5.56 Å². The zero-order valence-corrected chi connectivity index (χ0v) is 10.2. The number of unbranched alkanes of at least 4 members (excludes halogenated alkanes) is 1. The van der Waals surface area contributed by atoms with Crippen LogP contribution in [0, 0.1) is 0 Å². The van der Waals surface area contributed by atoms with E-state index in [2.05, 4.69) is 11.9 Å². The fourth-order valence-corrected chi connectivity index (χ4v) is 1.86. The predicted molar refractivity (Wildman–Crippen MR) is 67.6 cm³/mol. The van der Waals surface area contributed by atoms with Crippen LogP contribution in [0.5, 0.6) is 0 Å². The van der Waals surface area contributed by atoms with Gasteiger partial charge in [-0.2, -0.15) is 0 Å². The maximum absolute atomic E-state index is 12.3. The van der Waals surface area contributed by atoms with Gasteiger partial charge in [-0.15, -0.1) is 0 Å². The maximum Gasteiger partial charge on any atom is 0.255 e. The first-order valence-corrected chi connectivity index (χ1v) is 6.25. The Labute approximate surface area is 102 Å². The Kier molecular flexibility index (Phi) is 3.61. The van der Waals surface area contributed by atoms with Crippen molar-refractivity contribution in [2.45, 2.75) is 38.6 Å². The van der Waals surface area contributed by atoms with Crippen LogP contribution in [-0.2, 0) is 0 Å². The molecule has 1 amide bonds. The lowest BCUT2D eigenvalue weighted by Gasteiger charge is -2.22. The van der Waals surface area contributed by atoms with Crippen molar-refractivity contribution in [3.05, 3.63) is 23.9 Å². The number of hydrogen-bond donors (Lipinski definition) is 1. The van der Waals surface area contributed by atoms with Gasteiger partial charge in [0, 0.05) is 18.8 Å². The molecule has 0 bridgehead atoms. The number of nitrogens with zero attached hydrogens (tertiary/aromatic N) is 2. The van der Waals surface area contributed by atoms with Crippen molar-refractivity contribution in [1.29, 1.82) is 0 Å². The van der Waals surface area contributed by atoms with E-state index >= 15 is 0 Å². The van der Waals surface area contributed by atoms with Crippen LogP contribution in [0.1, 0.15) is 43.0 Å². The molecule has 0 aromatic carbocycles. The number of anilines is 1. The number of amides is 1. The van der Waals surface area contributed by atoms with Gasteiger partial charge < -0.3 is 10.6 Å². The third kappa shape index (κ3) is 2.96. The molecule has 1 aromatic heterocycles.